The number of carbonyl (C=O) groups excluding carboxylic acids is 2. The molecule has 0 radical (unpaired) electrons. The highest BCUT2D eigenvalue weighted by atomic mass is 35.5. The van der Waals surface area contributed by atoms with Gasteiger partial charge in [-0.15, -0.1) is 0 Å². The van der Waals surface area contributed by atoms with Crippen LogP contribution in [0.25, 0.3) is 0 Å². The second-order valence-corrected chi connectivity index (χ2v) is 3.96. The Morgan fingerprint density at radius 2 is 2.06 bits per heavy atom. The van der Waals surface area contributed by atoms with Gasteiger partial charge in [-0.3, -0.25) is 9.59 Å². The van der Waals surface area contributed by atoms with Crippen LogP contribution in [-0.2, 0) is 20.7 Å². The number of rotatable bonds is 5. The van der Waals surface area contributed by atoms with Crippen molar-refractivity contribution in [2.75, 3.05) is 7.11 Å². The minimum absolute atomic E-state index is 0.0184. The van der Waals surface area contributed by atoms with Gasteiger partial charge in [0.1, 0.15) is 11.6 Å². The average molecular weight is 259 g/mol. The van der Waals surface area contributed by atoms with Crippen LogP contribution in [0.5, 0.6) is 0 Å². The Morgan fingerprint density at radius 1 is 1.35 bits per heavy atom. The fourth-order valence-corrected chi connectivity index (χ4v) is 1.47. The van der Waals surface area contributed by atoms with E-state index in [4.69, 9.17) is 11.6 Å². The van der Waals surface area contributed by atoms with Gasteiger partial charge in [0.2, 0.25) is 0 Å². The summed E-state index contributed by atoms with van der Waals surface area (Å²) in [5, 5.41) is 0.285. The van der Waals surface area contributed by atoms with Crippen LogP contribution in [0.3, 0.4) is 0 Å². The molecule has 0 bridgehead atoms. The maximum absolute atomic E-state index is 13.3. The van der Waals surface area contributed by atoms with Crippen LogP contribution in [0.2, 0.25) is 5.02 Å². The lowest BCUT2D eigenvalue weighted by Gasteiger charge is -2.03. The zero-order valence-electron chi connectivity index (χ0n) is 9.33. The smallest absolute Gasteiger partial charge is 0.305 e. The summed E-state index contributed by atoms with van der Waals surface area (Å²) in [7, 11) is 1.26. The molecule has 0 aliphatic heterocycles. The van der Waals surface area contributed by atoms with Crippen molar-refractivity contribution in [1.82, 2.24) is 0 Å². The highest BCUT2D eigenvalue weighted by Gasteiger charge is 2.11. The summed E-state index contributed by atoms with van der Waals surface area (Å²) in [6, 6.07) is 4.14. The molecule has 5 heteroatoms. The van der Waals surface area contributed by atoms with Gasteiger partial charge in [0.05, 0.1) is 13.5 Å². The number of Topliss-reactive ketones (excluding diaryl/α,β-unsaturated/α-hetero) is 1. The minimum Gasteiger partial charge on any atom is -0.469 e. The van der Waals surface area contributed by atoms with Crippen molar-refractivity contribution in [3.05, 3.63) is 34.6 Å². The van der Waals surface area contributed by atoms with Gasteiger partial charge in [-0.2, -0.15) is 0 Å². The summed E-state index contributed by atoms with van der Waals surface area (Å²) in [6.45, 7) is 0. The fourth-order valence-electron chi connectivity index (χ4n) is 1.31. The molecule has 0 atom stereocenters. The van der Waals surface area contributed by atoms with E-state index < -0.39 is 11.8 Å². The molecule has 17 heavy (non-hydrogen) atoms. The number of hydrogen-bond donors (Lipinski definition) is 0. The predicted molar refractivity (Wildman–Crippen MR) is 61.4 cm³/mol. The number of ketones is 1. The largest absolute Gasteiger partial charge is 0.469 e. The van der Waals surface area contributed by atoms with E-state index in [1.165, 1.54) is 19.2 Å². The standard InChI is InChI=1S/C12H12ClFO3/c1-17-12(16)5-4-10(15)6-8-2-3-9(13)7-11(8)14/h2-3,7H,4-6H2,1H3. The summed E-state index contributed by atoms with van der Waals surface area (Å²) in [4.78, 5) is 22.3. The van der Waals surface area contributed by atoms with E-state index in [1.54, 1.807) is 0 Å². The van der Waals surface area contributed by atoms with Gasteiger partial charge in [0, 0.05) is 17.9 Å². The molecule has 0 heterocycles. The molecular formula is C12H12ClFO3. The van der Waals surface area contributed by atoms with Crippen molar-refractivity contribution in [3.8, 4) is 0 Å². The number of ether oxygens (including phenoxy) is 1. The summed E-state index contributed by atoms with van der Waals surface area (Å²) in [5.74, 6) is -1.17. The first-order valence-electron chi connectivity index (χ1n) is 5.05. The second-order valence-electron chi connectivity index (χ2n) is 3.53. The third kappa shape index (κ3) is 4.53. The van der Waals surface area contributed by atoms with E-state index in [0.717, 1.165) is 6.07 Å². The molecule has 0 unspecified atom stereocenters. The maximum atomic E-state index is 13.3. The molecule has 0 aliphatic carbocycles. The van der Waals surface area contributed by atoms with Crippen molar-refractivity contribution < 1.29 is 18.7 Å². The Bertz CT molecular complexity index is 432. The first-order valence-corrected chi connectivity index (χ1v) is 5.43. The summed E-state index contributed by atoms with van der Waals surface area (Å²) >= 11 is 5.59. The Hall–Kier alpha value is -1.42. The molecule has 0 spiro atoms. The molecular weight excluding hydrogens is 247 g/mol. The van der Waals surface area contributed by atoms with Crippen molar-refractivity contribution in [2.45, 2.75) is 19.3 Å². The zero-order valence-corrected chi connectivity index (χ0v) is 10.1. The number of hydrogen-bond acceptors (Lipinski definition) is 3. The van der Waals surface area contributed by atoms with Crippen molar-refractivity contribution >= 4 is 23.4 Å². The van der Waals surface area contributed by atoms with E-state index in [9.17, 15) is 14.0 Å². The van der Waals surface area contributed by atoms with Gasteiger partial charge in [0.25, 0.3) is 0 Å². The van der Waals surface area contributed by atoms with Crippen molar-refractivity contribution in [2.24, 2.45) is 0 Å². The lowest BCUT2D eigenvalue weighted by atomic mass is 10.1. The number of halogens is 2. The molecule has 0 amide bonds. The average Bonchev–Trinajstić information content (AvgIpc) is 2.29. The molecule has 0 fully saturated rings. The van der Waals surface area contributed by atoms with E-state index in [0.29, 0.717) is 0 Å². The first-order chi connectivity index (χ1) is 8.02. The summed E-state index contributed by atoms with van der Waals surface area (Å²) in [6.07, 6.45) is 0.0271. The highest BCUT2D eigenvalue weighted by Crippen LogP contribution is 2.15. The monoisotopic (exact) mass is 258 g/mol. The van der Waals surface area contributed by atoms with Gasteiger partial charge in [0.15, 0.2) is 0 Å². The molecule has 1 aromatic rings. The topological polar surface area (TPSA) is 43.4 Å². The number of esters is 1. The number of carbonyl (C=O) groups is 2. The Morgan fingerprint density at radius 3 is 2.65 bits per heavy atom. The van der Waals surface area contributed by atoms with Gasteiger partial charge in [-0.1, -0.05) is 17.7 Å². The third-order valence-electron chi connectivity index (χ3n) is 2.24. The van der Waals surface area contributed by atoms with Crippen LogP contribution in [0, 0.1) is 5.82 Å². The fraction of sp³-hybridized carbons (Fsp3) is 0.333. The lowest BCUT2D eigenvalue weighted by molar-refractivity contribution is -0.141. The molecule has 0 N–H and O–H groups in total. The molecule has 1 aromatic carbocycles. The zero-order chi connectivity index (χ0) is 12.8. The van der Waals surface area contributed by atoms with Crippen LogP contribution < -0.4 is 0 Å². The number of methoxy groups -OCH3 is 1. The van der Waals surface area contributed by atoms with Gasteiger partial charge >= 0.3 is 5.97 Å². The van der Waals surface area contributed by atoms with Gasteiger partial charge < -0.3 is 4.74 Å². The van der Waals surface area contributed by atoms with E-state index >= 15 is 0 Å². The Kier molecular flexibility index (Phi) is 5.10. The molecule has 0 aliphatic rings. The second kappa shape index (κ2) is 6.35. The minimum atomic E-state index is -0.510. The first kappa shape index (κ1) is 13.6. The number of benzene rings is 1. The van der Waals surface area contributed by atoms with Crippen LogP contribution in [0.4, 0.5) is 4.39 Å². The van der Waals surface area contributed by atoms with E-state index in [2.05, 4.69) is 4.74 Å². The lowest BCUT2D eigenvalue weighted by Crippen LogP contribution is -2.08. The predicted octanol–water partition coefficient (Wildman–Crippen LogP) is 2.54. The Labute approximate surface area is 104 Å². The van der Waals surface area contributed by atoms with E-state index in [-0.39, 0.29) is 35.6 Å². The van der Waals surface area contributed by atoms with Crippen LogP contribution in [0.15, 0.2) is 18.2 Å². The molecule has 0 aromatic heterocycles. The summed E-state index contributed by atoms with van der Waals surface area (Å²) in [5.41, 5.74) is 0.282. The SMILES string of the molecule is COC(=O)CCC(=O)Cc1ccc(Cl)cc1F. The molecule has 92 valence electrons. The van der Waals surface area contributed by atoms with Gasteiger partial charge in [-0.05, 0) is 17.7 Å². The maximum Gasteiger partial charge on any atom is 0.305 e. The molecule has 0 saturated carbocycles. The van der Waals surface area contributed by atoms with Crippen LogP contribution >= 0.6 is 11.6 Å². The van der Waals surface area contributed by atoms with Crippen LogP contribution in [-0.4, -0.2) is 18.9 Å². The van der Waals surface area contributed by atoms with Crippen molar-refractivity contribution in [3.63, 3.8) is 0 Å². The molecule has 1 rings (SSSR count). The molecule has 0 saturated heterocycles. The quantitative estimate of drug-likeness (QED) is 0.763. The Balaban J connectivity index is 2.53. The third-order valence-corrected chi connectivity index (χ3v) is 2.47. The van der Waals surface area contributed by atoms with E-state index in [1.807, 2.05) is 0 Å². The molecule has 3 nitrogen and oxygen atoms in total. The van der Waals surface area contributed by atoms with Crippen molar-refractivity contribution in [1.29, 1.82) is 0 Å². The van der Waals surface area contributed by atoms with Crippen LogP contribution in [0.1, 0.15) is 18.4 Å². The highest BCUT2D eigenvalue weighted by molar-refractivity contribution is 6.30. The van der Waals surface area contributed by atoms with Gasteiger partial charge in [-0.25, -0.2) is 4.39 Å². The normalized spacial score (nSPS) is 10.1. The summed E-state index contributed by atoms with van der Waals surface area (Å²) < 4.78 is 17.8.